The molecule has 2 N–H and O–H groups in total. The van der Waals surface area contributed by atoms with Crippen LogP contribution in [0.25, 0.3) is 0 Å². The van der Waals surface area contributed by atoms with Crippen LogP contribution in [0.4, 0.5) is 0 Å². The number of amides is 1. The smallest absolute Gasteiger partial charge is 0.221 e. The normalized spacial score (nSPS) is 19.0. The predicted molar refractivity (Wildman–Crippen MR) is 67.0 cm³/mol. The van der Waals surface area contributed by atoms with Gasteiger partial charge in [-0.1, -0.05) is 0 Å². The number of nitrogens with one attached hydrogen (secondary N) is 2. The minimum Gasteiger partial charge on any atom is -0.467 e. The van der Waals surface area contributed by atoms with E-state index >= 15 is 0 Å². The van der Waals surface area contributed by atoms with Crippen molar-refractivity contribution in [2.75, 3.05) is 19.7 Å². The zero-order chi connectivity index (χ0) is 12.6. The molecule has 1 unspecified atom stereocenters. The molecule has 0 saturated carbocycles. The Morgan fingerprint density at radius 2 is 2.44 bits per heavy atom. The van der Waals surface area contributed by atoms with Crippen molar-refractivity contribution in [1.29, 1.82) is 0 Å². The lowest BCUT2D eigenvalue weighted by Gasteiger charge is -2.10. The maximum Gasteiger partial charge on any atom is 0.221 e. The van der Waals surface area contributed by atoms with Crippen molar-refractivity contribution in [2.24, 2.45) is 0 Å². The molecule has 1 aliphatic rings. The number of carbonyl (C=O) groups excluding carboxylic acids is 1. The van der Waals surface area contributed by atoms with E-state index in [1.54, 1.807) is 6.26 Å². The first kappa shape index (κ1) is 13.1. The monoisotopic (exact) mass is 252 g/mol. The van der Waals surface area contributed by atoms with Gasteiger partial charge < -0.3 is 19.8 Å². The molecule has 1 aromatic rings. The fourth-order valence-electron chi connectivity index (χ4n) is 1.96. The van der Waals surface area contributed by atoms with Gasteiger partial charge in [0.1, 0.15) is 5.76 Å². The molecule has 2 rings (SSSR count). The quantitative estimate of drug-likeness (QED) is 0.712. The van der Waals surface area contributed by atoms with Gasteiger partial charge in [0.15, 0.2) is 0 Å². The zero-order valence-electron chi connectivity index (χ0n) is 10.5. The van der Waals surface area contributed by atoms with Crippen molar-refractivity contribution >= 4 is 5.91 Å². The van der Waals surface area contributed by atoms with Gasteiger partial charge in [-0.05, 0) is 25.0 Å². The van der Waals surface area contributed by atoms with E-state index in [2.05, 4.69) is 10.6 Å². The maximum atomic E-state index is 11.5. The first-order valence-electron chi connectivity index (χ1n) is 6.46. The first-order valence-corrected chi connectivity index (χ1v) is 6.46. The summed E-state index contributed by atoms with van der Waals surface area (Å²) in [6.45, 7) is 2.85. The summed E-state index contributed by atoms with van der Waals surface area (Å²) in [5, 5.41) is 6.05. The summed E-state index contributed by atoms with van der Waals surface area (Å²) < 4.78 is 10.6. The van der Waals surface area contributed by atoms with E-state index in [1.165, 1.54) is 0 Å². The minimum absolute atomic E-state index is 0.0336. The molecule has 0 radical (unpaired) electrons. The van der Waals surface area contributed by atoms with Crippen LogP contribution in [0.1, 0.15) is 25.0 Å². The van der Waals surface area contributed by atoms with Crippen LogP contribution in [-0.2, 0) is 16.1 Å². The Bertz CT molecular complexity index is 345. The average Bonchev–Trinajstić information content (AvgIpc) is 3.04. The van der Waals surface area contributed by atoms with Gasteiger partial charge in [-0.25, -0.2) is 0 Å². The molecule has 5 nitrogen and oxygen atoms in total. The van der Waals surface area contributed by atoms with E-state index in [0.717, 1.165) is 31.8 Å². The van der Waals surface area contributed by atoms with E-state index in [-0.39, 0.29) is 5.91 Å². The largest absolute Gasteiger partial charge is 0.467 e. The van der Waals surface area contributed by atoms with Crippen molar-refractivity contribution in [3.63, 3.8) is 0 Å². The minimum atomic E-state index is 0.0336. The van der Waals surface area contributed by atoms with Crippen LogP contribution in [-0.4, -0.2) is 31.7 Å². The molecule has 18 heavy (non-hydrogen) atoms. The molecule has 0 spiro atoms. The summed E-state index contributed by atoms with van der Waals surface area (Å²) in [6, 6.07) is 3.65. The molecule has 2 heterocycles. The molecule has 0 bridgehead atoms. The van der Waals surface area contributed by atoms with Crippen LogP contribution in [0.3, 0.4) is 0 Å². The second kappa shape index (κ2) is 7.18. The lowest BCUT2D eigenvalue weighted by molar-refractivity contribution is -0.121. The maximum absolute atomic E-state index is 11.5. The van der Waals surface area contributed by atoms with Crippen molar-refractivity contribution in [3.05, 3.63) is 24.2 Å². The summed E-state index contributed by atoms with van der Waals surface area (Å²) >= 11 is 0. The summed E-state index contributed by atoms with van der Waals surface area (Å²) in [4.78, 5) is 11.5. The molecule has 1 amide bonds. The molecule has 1 fully saturated rings. The number of hydrogen-bond acceptors (Lipinski definition) is 4. The summed E-state index contributed by atoms with van der Waals surface area (Å²) in [5.74, 6) is 0.807. The molecule has 1 saturated heterocycles. The molecular weight excluding hydrogens is 232 g/mol. The standard InChI is InChI=1S/C13H20N2O3/c16-13(15-10-12-4-2-8-18-12)5-6-14-9-11-3-1-7-17-11/h2,4,8,11,14H,1,3,5-7,9-10H2,(H,15,16). The summed E-state index contributed by atoms with van der Waals surface area (Å²) in [5.41, 5.74) is 0. The Labute approximate surface area is 107 Å². The van der Waals surface area contributed by atoms with E-state index in [9.17, 15) is 4.79 Å². The SMILES string of the molecule is O=C(CCNCC1CCCO1)NCc1ccco1. The second-order valence-corrected chi connectivity index (χ2v) is 4.45. The van der Waals surface area contributed by atoms with E-state index in [0.29, 0.717) is 25.6 Å². The molecule has 0 aromatic carbocycles. The molecule has 1 aromatic heterocycles. The Morgan fingerprint density at radius 1 is 1.50 bits per heavy atom. The Balaban J connectivity index is 1.49. The Kier molecular flexibility index (Phi) is 5.23. The highest BCUT2D eigenvalue weighted by Gasteiger charge is 2.14. The van der Waals surface area contributed by atoms with Crippen molar-refractivity contribution in [1.82, 2.24) is 10.6 Å². The highest BCUT2D eigenvalue weighted by Crippen LogP contribution is 2.10. The van der Waals surface area contributed by atoms with Crippen molar-refractivity contribution in [2.45, 2.75) is 31.9 Å². The Hall–Kier alpha value is -1.33. The van der Waals surface area contributed by atoms with Gasteiger partial charge in [0.05, 0.1) is 18.9 Å². The molecule has 0 aliphatic carbocycles. The van der Waals surface area contributed by atoms with Crippen LogP contribution >= 0.6 is 0 Å². The topological polar surface area (TPSA) is 63.5 Å². The fourth-order valence-corrected chi connectivity index (χ4v) is 1.96. The average molecular weight is 252 g/mol. The number of carbonyl (C=O) groups is 1. The van der Waals surface area contributed by atoms with Crippen LogP contribution in [0.2, 0.25) is 0 Å². The molecule has 1 aliphatic heterocycles. The Morgan fingerprint density at radius 3 is 3.17 bits per heavy atom. The summed E-state index contributed by atoms with van der Waals surface area (Å²) in [7, 11) is 0. The van der Waals surface area contributed by atoms with Crippen LogP contribution in [0.5, 0.6) is 0 Å². The van der Waals surface area contributed by atoms with Gasteiger partial charge in [0, 0.05) is 26.1 Å². The highest BCUT2D eigenvalue weighted by atomic mass is 16.5. The van der Waals surface area contributed by atoms with Crippen LogP contribution in [0.15, 0.2) is 22.8 Å². The molecule has 1 atom stereocenters. The second-order valence-electron chi connectivity index (χ2n) is 4.45. The molecule has 100 valence electrons. The van der Waals surface area contributed by atoms with Crippen LogP contribution in [0, 0.1) is 0 Å². The first-order chi connectivity index (χ1) is 8.84. The van der Waals surface area contributed by atoms with Gasteiger partial charge in [0.2, 0.25) is 5.91 Å². The summed E-state index contributed by atoms with van der Waals surface area (Å²) in [6.07, 6.45) is 4.68. The van der Waals surface area contributed by atoms with Crippen molar-refractivity contribution in [3.8, 4) is 0 Å². The van der Waals surface area contributed by atoms with Crippen LogP contribution < -0.4 is 10.6 Å². The van der Waals surface area contributed by atoms with E-state index < -0.39 is 0 Å². The molecular formula is C13H20N2O3. The number of rotatable bonds is 7. The van der Waals surface area contributed by atoms with Gasteiger partial charge in [0.25, 0.3) is 0 Å². The lowest BCUT2D eigenvalue weighted by atomic mass is 10.2. The van der Waals surface area contributed by atoms with E-state index in [1.807, 2.05) is 12.1 Å². The predicted octanol–water partition coefficient (Wildman–Crippen LogP) is 1.05. The number of ether oxygens (including phenoxy) is 1. The number of furan rings is 1. The third-order valence-electron chi connectivity index (χ3n) is 2.96. The highest BCUT2D eigenvalue weighted by molar-refractivity contribution is 5.75. The number of hydrogen-bond donors (Lipinski definition) is 2. The van der Waals surface area contributed by atoms with Gasteiger partial charge in [-0.3, -0.25) is 4.79 Å². The van der Waals surface area contributed by atoms with Gasteiger partial charge >= 0.3 is 0 Å². The van der Waals surface area contributed by atoms with Crippen molar-refractivity contribution < 1.29 is 13.9 Å². The third kappa shape index (κ3) is 4.50. The van der Waals surface area contributed by atoms with Gasteiger partial charge in [-0.2, -0.15) is 0 Å². The molecule has 5 heteroatoms. The third-order valence-corrected chi connectivity index (χ3v) is 2.96. The van der Waals surface area contributed by atoms with E-state index in [4.69, 9.17) is 9.15 Å². The zero-order valence-corrected chi connectivity index (χ0v) is 10.5. The fraction of sp³-hybridized carbons (Fsp3) is 0.615. The van der Waals surface area contributed by atoms with Gasteiger partial charge in [-0.15, -0.1) is 0 Å². The lowest BCUT2D eigenvalue weighted by Crippen LogP contribution is -2.31.